The van der Waals surface area contributed by atoms with E-state index < -0.39 is 36.3 Å². The van der Waals surface area contributed by atoms with Crippen molar-refractivity contribution in [2.45, 2.75) is 62.3 Å². The zero-order valence-corrected chi connectivity index (χ0v) is 20.1. The Labute approximate surface area is 207 Å². The number of piperidine rings is 1. The Bertz CT molecular complexity index is 1020. The summed E-state index contributed by atoms with van der Waals surface area (Å²) in [4.78, 5) is 20.3. The molecule has 1 aromatic heterocycles. The van der Waals surface area contributed by atoms with Gasteiger partial charge in [0.05, 0.1) is 24.1 Å². The van der Waals surface area contributed by atoms with Gasteiger partial charge in [-0.25, -0.2) is 9.37 Å². The Morgan fingerprint density at radius 3 is 2.57 bits per heavy atom. The molecular weight excluding hydrogens is 473 g/mol. The Balaban J connectivity index is 1.40. The summed E-state index contributed by atoms with van der Waals surface area (Å²) in [6.45, 7) is 1.53. The number of nitrogens with zero attached hydrogens (tertiary/aromatic N) is 2. The van der Waals surface area contributed by atoms with Crippen molar-refractivity contribution in [3.05, 3.63) is 40.5 Å². The maximum absolute atomic E-state index is 13.4. The Morgan fingerprint density at radius 1 is 1.14 bits per heavy atom. The number of amides is 1. The number of aliphatic hydroxyl groups excluding tert-OH is 3. The Kier molecular flexibility index (Phi) is 7.44. The highest BCUT2D eigenvalue weighted by atomic mass is 32.1. The van der Waals surface area contributed by atoms with Gasteiger partial charge in [-0.3, -0.25) is 20.3 Å². The summed E-state index contributed by atoms with van der Waals surface area (Å²) >= 11 is 1.35. The normalized spacial score (nSPS) is 34.2. The molecule has 5 rings (SSSR count). The number of hydrogen-bond acceptors (Lipinski definition) is 9. The first-order valence-corrected chi connectivity index (χ1v) is 13.1. The van der Waals surface area contributed by atoms with Gasteiger partial charge in [0.25, 0.3) is 0 Å². The third-order valence-corrected chi connectivity index (χ3v) is 8.27. The van der Waals surface area contributed by atoms with Gasteiger partial charge in [0.15, 0.2) is 0 Å². The van der Waals surface area contributed by atoms with Gasteiger partial charge in [-0.1, -0.05) is 6.42 Å². The second-order valence-electron chi connectivity index (χ2n) is 9.64. The quantitative estimate of drug-likeness (QED) is 0.336. The van der Waals surface area contributed by atoms with Crippen molar-refractivity contribution >= 4 is 17.2 Å². The fourth-order valence-corrected chi connectivity index (χ4v) is 6.30. The molecule has 2 saturated heterocycles. The van der Waals surface area contributed by atoms with Gasteiger partial charge in [0.2, 0.25) is 5.91 Å². The Morgan fingerprint density at radius 2 is 1.89 bits per heavy atom. The van der Waals surface area contributed by atoms with E-state index in [1.54, 1.807) is 12.1 Å². The molecule has 9 nitrogen and oxygen atoms in total. The molecule has 7 atom stereocenters. The molecule has 6 N–H and O–H groups in total. The molecule has 1 aliphatic carbocycles. The molecule has 0 radical (unpaired) electrons. The zero-order valence-electron chi connectivity index (χ0n) is 19.3. The van der Waals surface area contributed by atoms with Crippen LogP contribution in [0.1, 0.15) is 36.6 Å². The summed E-state index contributed by atoms with van der Waals surface area (Å²) in [7, 11) is 0. The van der Waals surface area contributed by atoms with Crippen molar-refractivity contribution in [1.82, 2.24) is 25.8 Å². The summed E-state index contributed by atoms with van der Waals surface area (Å²) in [5.74, 6) is -1.61. The lowest BCUT2D eigenvalue weighted by Gasteiger charge is -2.44. The summed E-state index contributed by atoms with van der Waals surface area (Å²) in [6.07, 6.45) is 0.691. The van der Waals surface area contributed by atoms with Crippen LogP contribution in [-0.2, 0) is 4.79 Å². The first-order valence-electron chi connectivity index (χ1n) is 12.2. The summed E-state index contributed by atoms with van der Waals surface area (Å²) in [6, 6.07) is 5.57. The van der Waals surface area contributed by atoms with E-state index in [0.29, 0.717) is 17.1 Å². The SMILES string of the molecule is O=C1NC(N2CCCCC2)NC(N[C@@H]2C[C@H](CO)[C@@H](O)[C@H]2O)C1c1nc(-c2ccc(F)cc2)cs1. The lowest BCUT2D eigenvalue weighted by Crippen LogP contribution is -2.71. The van der Waals surface area contributed by atoms with Gasteiger partial charge in [-0.2, -0.15) is 0 Å². The fraction of sp³-hybridized carbons (Fsp3) is 0.583. The van der Waals surface area contributed by atoms with Gasteiger partial charge in [0.1, 0.15) is 23.0 Å². The highest BCUT2D eigenvalue weighted by molar-refractivity contribution is 7.10. The third-order valence-electron chi connectivity index (χ3n) is 7.35. The van der Waals surface area contributed by atoms with Crippen LogP contribution in [0, 0.1) is 11.7 Å². The number of hydrogen-bond donors (Lipinski definition) is 6. The molecule has 1 amide bonds. The molecule has 35 heavy (non-hydrogen) atoms. The van der Waals surface area contributed by atoms with E-state index in [0.717, 1.165) is 31.5 Å². The van der Waals surface area contributed by atoms with E-state index in [1.807, 2.05) is 5.38 Å². The molecular formula is C24H32FN5O4S. The second kappa shape index (κ2) is 10.6. The van der Waals surface area contributed by atoms with Crippen molar-refractivity contribution in [3.8, 4) is 11.3 Å². The van der Waals surface area contributed by atoms with Crippen molar-refractivity contribution < 1.29 is 24.5 Å². The number of nitrogens with one attached hydrogen (secondary N) is 3. The van der Waals surface area contributed by atoms with Crippen LogP contribution in [0.5, 0.6) is 0 Å². The minimum atomic E-state index is -1.06. The number of thiazole rings is 1. The van der Waals surface area contributed by atoms with Gasteiger partial charge in [-0.05, 0) is 43.5 Å². The number of carbonyl (C=O) groups is 1. The number of aromatic nitrogens is 1. The molecule has 1 saturated carbocycles. The van der Waals surface area contributed by atoms with E-state index in [4.69, 9.17) is 4.98 Å². The number of benzene rings is 1. The smallest absolute Gasteiger partial charge is 0.235 e. The Hall–Kier alpha value is -1.99. The van der Waals surface area contributed by atoms with Crippen LogP contribution >= 0.6 is 11.3 Å². The molecule has 2 aliphatic heterocycles. The van der Waals surface area contributed by atoms with Gasteiger partial charge < -0.3 is 20.6 Å². The van der Waals surface area contributed by atoms with E-state index in [2.05, 4.69) is 20.9 Å². The van der Waals surface area contributed by atoms with Crippen molar-refractivity contribution in [3.63, 3.8) is 0 Å². The van der Waals surface area contributed by atoms with Crippen LogP contribution in [0.25, 0.3) is 11.3 Å². The molecule has 0 bridgehead atoms. The number of rotatable bonds is 6. The van der Waals surface area contributed by atoms with Crippen LogP contribution in [0.15, 0.2) is 29.6 Å². The van der Waals surface area contributed by atoms with E-state index in [-0.39, 0.29) is 24.6 Å². The molecule has 0 spiro atoms. The average Bonchev–Trinajstić information content (AvgIpc) is 3.45. The van der Waals surface area contributed by atoms with Crippen LogP contribution in [-0.4, -0.2) is 81.5 Å². The molecule has 1 aromatic carbocycles. The number of aliphatic hydroxyl groups is 3. The van der Waals surface area contributed by atoms with E-state index in [1.165, 1.54) is 29.9 Å². The average molecular weight is 506 g/mol. The van der Waals surface area contributed by atoms with Crippen LogP contribution < -0.4 is 16.0 Å². The third kappa shape index (κ3) is 5.12. The van der Waals surface area contributed by atoms with Crippen molar-refractivity contribution in [2.24, 2.45) is 5.92 Å². The van der Waals surface area contributed by atoms with Crippen molar-refractivity contribution in [1.29, 1.82) is 0 Å². The molecule has 190 valence electrons. The second-order valence-corrected chi connectivity index (χ2v) is 10.5. The first kappa shape index (κ1) is 24.7. The fourth-order valence-electron chi connectivity index (χ4n) is 5.34. The molecule has 2 aromatic rings. The van der Waals surface area contributed by atoms with E-state index >= 15 is 0 Å². The number of carbonyl (C=O) groups excluding carboxylic acids is 1. The van der Waals surface area contributed by atoms with Gasteiger partial charge in [-0.15, -0.1) is 11.3 Å². The first-order chi connectivity index (χ1) is 16.9. The molecule has 3 unspecified atom stereocenters. The van der Waals surface area contributed by atoms with Crippen molar-refractivity contribution in [2.75, 3.05) is 19.7 Å². The summed E-state index contributed by atoms with van der Waals surface area (Å²) in [5.41, 5.74) is 1.42. The maximum atomic E-state index is 13.4. The highest BCUT2D eigenvalue weighted by Crippen LogP contribution is 2.33. The maximum Gasteiger partial charge on any atom is 0.235 e. The molecule has 3 fully saturated rings. The summed E-state index contributed by atoms with van der Waals surface area (Å²) in [5, 5.41) is 42.9. The zero-order chi connectivity index (χ0) is 24.5. The lowest BCUT2D eigenvalue weighted by atomic mass is 10.0. The topological polar surface area (TPSA) is 130 Å². The van der Waals surface area contributed by atoms with Crippen LogP contribution in [0.4, 0.5) is 4.39 Å². The van der Waals surface area contributed by atoms with Crippen LogP contribution in [0.3, 0.4) is 0 Å². The molecule has 3 heterocycles. The highest BCUT2D eigenvalue weighted by Gasteiger charge is 2.46. The minimum absolute atomic E-state index is 0.177. The predicted octanol–water partition coefficient (Wildman–Crippen LogP) is 0.540. The lowest BCUT2D eigenvalue weighted by molar-refractivity contribution is -0.130. The molecule has 11 heteroatoms. The largest absolute Gasteiger partial charge is 0.396 e. The number of likely N-dealkylation sites (tertiary alicyclic amines) is 1. The summed E-state index contributed by atoms with van der Waals surface area (Å²) < 4.78 is 13.4. The van der Waals surface area contributed by atoms with Gasteiger partial charge in [0, 0.05) is 42.6 Å². The van der Waals surface area contributed by atoms with Crippen LogP contribution in [0.2, 0.25) is 0 Å². The number of halogens is 1. The van der Waals surface area contributed by atoms with Gasteiger partial charge >= 0.3 is 0 Å². The monoisotopic (exact) mass is 505 g/mol. The minimum Gasteiger partial charge on any atom is -0.396 e. The standard InChI is InChI=1S/C24H32FN5O4S/c25-15-6-4-13(5-7-15)17-12-35-23(27-17)18-21(26-16-10-14(11-31)19(32)20(16)33)28-24(29-22(18)34)30-8-2-1-3-9-30/h4-7,12,14,16,18-21,24,26,28,31-33H,1-3,8-11H2,(H,29,34)/t14-,16-,18?,19-,20+,21?,24?/m1/s1. The molecule has 3 aliphatic rings. The van der Waals surface area contributed by atoms with E-state index in [9.17, 15) is 24.5 Å². The predicted molar refractivity (Wildman–Crippen MR) is 129 cm³/mol.